The molecule has 0 aromatic rings. The molecule has 5 heteroatoms. The minimum absolute atomic E-state index is 0.0376. The average molecular weight is 266 g/mol. The van der Waals surface area contributed by atoms with Gasteiger partial charge in [0, 0.05) is 6.04 Å². The predicted molar refractivity (Wildman–Crippen MR) is 70.2 cm³/mol. The number of nitrogens with one attached hydrogen (secondary N) is 1. The number of barbiturate groups is 1. The maximum Gasteiger partial charge on any atom is 0.331 e. The van der Waals surface area contributed by atoms with Crippen LogP contribution in [0.25, 0.3) is 0 Å². The topological polar surface area (TPSA) is 66.5 Å². The summed E-state index contributed by atoms with van der Waals surface area (Å²) >= 11 is 0. The zero-order valence-corrected chi connectivity index (χ0v) is 11.6. The number of rotatable bonds is 2. The molecular formula is C14H22N2O3. The second-order valence-electron chi connectivity index (χ2n) is 5.87. The Bertz CT molecular complexity index is 384. The number of carbonyl (C=O) groups excluding carboxylic acids is 3. The summed E-state index contributed by atoms with van der Waals surface area (Å²) in [6, 6.07) is -0.567. The lowest BCUT2D eigenvalue weighted by atomic mass is 9.90. The van der Waals surface area contributed by atoms with Crippen molar-refractivity contribution in [2.45, 2.75) is 58.4 Å². The Labute approximate surface area is 113 Å². The van der Waals surface area contributed by atoms with Gasteiger partial charge in [-0.25, -0.2) is 4.79 Å². The summed E-state index contributed by atoms with van der Waals surface area (Å²) < 4.78 is 0. The van der Waals surface area contributed by atoms with Gasteiger partial charge in [-0.2, -0.15) is 0 Å². The third-order valence-electron chi connectivity index (χ3n) is 4.09. The molecule has 19 heavy (non-hydrogen) atoms. The van der Waals surface area contributed by atoms with Gasteiger partial charge in [-0.3, -0.25) is 19.8 Å². The Kier molecular flexibility index (Phi) is 4.22. The zero-order chi connectivity index (χ0) is 14.0. The molecule has 2 rings (SSSR count). The van der Waals surface area contributed by atoms with Gasteiger partial charge in [-0.1, -0.05) is 39.5 Å². The molecule has 1 N–H and O–H groups in total. The normalized spacial score (nSPS) is 26.6. The Morgan fingerprint density at radius 1 is 1.05 bits per heavy atom. The zero-order valence-electron chi connectivity index (χ0n) is 11.6. The van der Waals surface area contributed by atoms with Crippen LogP contribution in [0.4, 0.5) is 4.79 Å². The first kappa shape index (κ1) is 14.0. The van der Waals surface area contributed by atoms with E-state index in [-0.39, 0.29) is 17.9 Å². The second kappa shape index (κ2) is 5.72. The monoisotopic (exact) mass is 266 g/mol. The molecule has 106 valence electrons. The second-order valence-corrected chi connectivity index (χ2v) is 5.87. The fraction of sp³-hybridized carbons (Fsp3) is 0.786. The van der Waals surface area contributed by atoms with Crippen LogP contribution in [0, 0.1) is 11.8 Å². The minimum Gasteiger partial charge on any atom is -0.277 e. The highest BCUT2D eigenvalue weighted by Gasteiger charge is 2.44. The molecule has 1 unspecified atom stereocenters. The lowest BCUT2D eigenvalue weighted by Crippen LogP contribution is -2.61. The first-order valence-corrected chi connectivity index (χ1v) is 7.20. The summed E-state index contributed by atoms with van der Waals surface area (Å²) in [4.78, 5) is 37.5. The minimum atomic E-state index is -0.721. The van der Waals surface area contributed by atoms with Crippen LogP contribution in [-0.2, 0) is 9.59 Å². The summed E-state index contributed by atoms with van der Waals surface area (Å²) in [7, 11) is 0. The van der Waals surface area contributed by atoms with Crippen LogP contribution in [-0.4, -0.2) is 28.8 Å². The fourth-order valence-corrected chi connectivity index (χ4v) is 3.06. The molecule has 0 radical (unpaired) electrons. The number of amides is 4. The van der Waals surface area contributed by atoms with E-state index in [9.17, 15) is 14.4 Å². The molecule has 1 heterocycles. The van der Waals surface area contributed by atoms with E-state index in [1.807, 2.05) is 13.8 Å². The Morgan fingerprint density at radius 3 is 2.16 bits per heavy atom. The molecule has 0 aromatic carbocycles. The van der Waals surface area contributed by atoms with Crippen molar-refractivity contribution in [1.82, 2.24) is 10.2 Å². The molecule has 1 saturated heterocycles. The highest BCUT2D eigenvalue weighted by Crippen LogP contribution is 2.27. The summed E-state index contributed by atoms with van der Waals surface area (Å²) in [6.07, 6.45) is 6.12. The van der Waals surface area contributed by atoms with Gasteiger partial charge in [0.15, 0.2) is 0 Å². The van der Waals surface area contributed by atoms with E-state index < -0.39 is 17.9 Å². The Hall–Kier alpha value is -1.39. The Morgan fingerprint density at radius 2 is 1.63 bits per heavy atom. The van der Waals surface area contributed by atoms with E-state index in [0.29, 0.717) is 0 Å². The molecule has 1 saturated carbocycles. The molecule has 0 bridgehead atoms. The summed E-state index contributed by atoms with van der Waals surface area (Å²) in [5.41, 5.74) is 0. The molecule has 0 spiro atoms. The van der Waals surface area contributed by atoms with Crippen LogP contribution in [0.5, 0.6) is 0 Å². The average Bonchev–Trinajstić information content (AvgIpc) is 2.56. The number of nitrogens with zero attached hydrogens (tertiary/aromatic N) is 1. The molecule has 0 aromatic heterocycles. The van der Waals surface area contributed by atoms with Crippen molar-refractivity contribution in [2.24, 2.45) is 11.8 Å². The summed E-state index contributed by atoms with van der Waals surface area (Å²) in [6.45, 7) is 3.67. The number of urea groups is 1. The van der Waals surface area contributed by atoms with Crippen LogP contribution in [0.1, 0.15) is 52.4 Å². The SMILES string of the molecule is CC(C)C1C(=O)NC(=O)N(C2CCCCCC2)C1=O. The van der Waals surface area contributed by atoms with Crippen molar-refractivity contribution < 1.29 is 14.4 Å². The van der Waals surface area contributed by atoms with Crippen molar-refractivity contribution in [3.05, 3.63) is 0 Å². The van der Waals surface area contributed by atoms with Crippen molar-refractivity contribution >= 4 is 17.8 Å². The van der Waals surface area contributed by atoms with Crippen LogP contribution in [0.2, 0.25) is 0 Å². The van der Waals surface area contributed by atoms with Crippen molar-refractivity contribution in [3.8, 4) is 0 Å². The van der Waals surface area contributed by atoms with Crippen LogP contribution in [0.15, 0.2) is 0 Å². The van der Waals surface area contributed by atoms with Gasteiger partial charge in [0.1, 0.15) is 5.92 Å². The van der Waals surface area contributed by atoms with Crippen LogP contribution >= 0.6 is 0 Å². The number of hydrogen-bond donors (Lipinski definition) is 1. The molecule has 1 aliphatic heterocycles. The molecule has 1 aliphatic carbocycles. The maximum absolute atomic E-state index is 12.4. The van der Waals surface area contributed by atoms with E-state index in [0.717, 1.165) is 38.5 Å². The Balaban J connectivity index is 2.19. The largest absolute Gasteiger partial charge is 0.331 e. The third kappa shape index (κ3) is 2.80. The van der Waals surface area contributed by atoms with Gasteiger partial charge < -0.3 is 0 Å². The number of hydrogen-bond acceptors (Lipinski definition) is 3. The summed E-state index contributed by atoms with van der Waals surface area (Å²) in [5.74, 6) is -1.57. The standard InChI is InChI=1S/C14H22N2O3/c1-9(2)11-12(17)15-14(19)16(13(11)18)10-7-5-3-4-6-8-10/h9-11H,3-8H2,1-2H3,(H,15,17,19). The molecule has 4 amide bonds. The third-order valence-corrected chi connectivity index (χ3v) is 4.09. The van der Waals surface area contributed by atoms with Gasteiger partial charge in [0.25, 0.3) is 0 Å². The highest BCUT2D eigenvalue weighted by molar-refractivity contribution is 6.16. The van der Waals surface area contributed by atoms with Gasteiger partial charge in [0.05, 0.1) is 0 Å². The van der Waals surface area contributed by atoms with Crippen molar-refractivity contribution in [3.63, 3.8) is 0 Å². The molecule has 2 fully saturated rings. The van der Waals surface area contributed by atoms with Crippen LogP contribution < -0.4 is 5.32 Å². The van der Waals surface area contributed by atoms with Crippen LogP contribution in [0.3, 0.4) is 0 Å². The predicted octanol–water partition coefficient (Wildman–Crippen LogP) is 2.06. The first-order valence-electron chi connectivity index (χ1n) is 7.20. The number of imide groups is 2. The van der Waals surface area contributed by atoms with Crippen molar-refractivity contribution in [1.29, 1.82) is 0 Å². The quantitative estimate of drug-likeness (QED) is 0.614. The summed E-state index contributed by atoms with van der Waals surface area (Å²) in [5, 5.41) is 2.34. The van der Waals surface area contributed by atoms with Gasteiger partial charge in [-0.05, 0) is 18.8 Å². The fourth-order valence-electron chi connectivity index (χ4n) is 3.06. The molecule has 2 aliphatic rings. The van der Waals surface area contributed by atoms with E-state index >= 15 is 0 Å². The smallest absolute Gasteiger partial charge is 0.277 e. The number of carbonyl (C=O) groups is 3. The first-order chi connectivity index (χ1) is 9.02. The molecule has 1 atom stereocenters. The molecular weight excluding hydrogens is 244 g/mol. The molecule has 5 nitrogen and oxygen atoms in total. The van der Waals surface area contributed by atoms with Gasteiger partial charge in [-0.15, -0.1) is 0 Å². The van der Waals surface area contributed by atoms with E-state index in [1.54, 1.807) is 0 Å². The lowest BCUT2D eigenvalue weighted by molar-refractivity contribution is -0.146. The maximum atomic E-state index is 12.4. The van der Waals surface area contributed by atoms with E-state index in [2.05, 4.69) is 5.32 Å². The van der Waals surface area contributed by atoms with Crippen molar-refractivity contribution in [2.75, 3.05) is 0 Å². The lowest BCUT2D eigenvalue weighted by Gasteiger charge is -2.36. The van der Waals surface area contributed by atoms with Gasteiger partial charge in [0.2, 0.25) is 11.8 Å². The van der Waals surface area contributed by atoms with Gasteiger partial charge >= 0.3 is 6.03 Å². The highest BCUT2D eigenvalue weighted by atomic mass is 16.2. The van der Waals surface area contributed by atoms with E-state index in [4.69, 9.17) is 0 Å². The van der Waals surface area contributed by atoms with E-state index in [1.165, 1.54) is 4.90 Å².